The smallest absolute Gasteiger partial charge is 0.207 e. The van der Waals surface area contributed by atoms with Gasteiger partial charge in [0.2, 0.25) is 10.0 Å². The topological polar surface area (TPSA) is 46.2 Å². The van der Waals surface area contributed by atoms with Crippen LogP contribution < -0.4 is 4.72 Å². The van der Waals surface area contributed by atoms with Gasteiger partial charge in [-0.1, -0.05) is 53.5 Å². The first-order chi connectivity index (χ1) is 9.40. The van der Waals surface area contributed by atoms with E-state index in [4.69, 9.17) is 23.2 Å². The summed E-state index contributed by atoms with van der Waals surface area (Å²) in [6, 6.07) is 13.2. The van der Waals surface area contributed by atoms with Crippen LogP contribution in [-0.4, -0.2) is 8.42 Å². The van der Waals surface area contributed by atoms with E-state index in [0.29, 0.717) is 5.02 Å². The Labute approximate surface area is 128 Å². The van der Waals surface area contributed by atoms with E-state index in [1.807, 2.05) is 30.3 Å². The maximum Gasteiger partial charge on any atom is 0.241 e. The van der Waals surface area contributed by atoms with Crippen LogP contribution in [0.25, 0.3) is 0 Å². The minimum absolute atomic E-state index is 0.0923. The van der Waals surface area contributed by atoms with Gasteiger partial charge in [-0.05, 0) is 30.7 Å². The predicted octanol–water partition coefficient (Wildman–Crippen LogP) is 4.03. The minimum Gasteiger partial charge on any atom is -0.207 e. The summed E-state index contributed by atoms with van der Waals surface area (Å²) in [7, 11) is -3.64. The largest absolute Gasteiger partial charge is 0.241 e. The number of hydrogen-bond acceptors (Lipinski definition) is 2. The maximum absolute atomic E-state index is 12.3. The maximum atomic E-state index is 12.3. The molecular weight excluding hydrogens is 317 g/mol. The molecule has 3 nitrogen and oxygen atoms in total. The molecule has 1 N–H and O–H groups in total. The van der Waals surface area contributed by atoms with E-state index in [1.54, 1.807) is 6.92 Å². The van der Waals surface area contributed by atoms with Crippen molar-refractivity contribution in [1.82, 2.24) is 4.72 Å². The molecular formula is C14H13Cl2NO2S. The Morgan fingerprint density at radius 3 is 2.25 bits per heavy atom. The second-order valence-corrected chi connectivity index (χ2v) is 6.86. The van der Waals surface area contributed by atoms with Crippen LogP contribution in [0.15, 0.2) is 53.4 Å². The third kappa shape index (κ3) is 3.52. The molecule has 0 fully saturated rings. The number of sulfonamides is 1. The van der Waals surface area contributed by atoms with E-state index in [1.165, 1.54) is 18.2 Å². The SMILES string of the molecule is C[C@H](NS(=O)(=O)c1ccc(Cl)c(Cl)c1)c1ccccc1. The van der Waals surface area contributed by atoms with Crippen molar-refractivity contribution in [1.29, 1.82) is 0 Å². The quantitative estimate of drug-likeness (QED) is 0.920. The Hall–Kier alpha value is -1.07. The van der Waals surface area contributed by atoms with Crippen LogP contribution in [-0.2, 0) is 10.0 Å². The molecule has 2 aromatic carbocycles. The van der Waals surface area contributed by atoms with Gasteiger partial charge in [0.15, 0.2) is 0 Å². The van der Waals surface area contributed by atoms with Crippen LogP contribution in [0, 0.1) is 0 Å². The third-order valence-electron chi connectivity index (χ3n) is 2.83. The Balaban J connectivity index is 2.25. The monoisotopic (exact) mass is 329 g/mol. The Morgan fingerprint density at radius 2 is 1.65 bits per heavy atom. The van der Waals surface area contributed by atoms with Crippen molar-refractivity contribution >= 4 is 33.2 Å². The van der Waals surface area contributed by atoms with Crippen LogP contribution in [0.3, 0.4) is 0 Å². The normalized spacial score (nSPS) is 13.2. The molecule has 2 aromatic rings. The van der Waals surface area contributed by atoms with Gasteiger partial charge < -0.3 is 0 Å². The first-order valence-corrected chi connectivity index (χ1v) is 8.16. The summed E-state index contributed by atoms with van der Waals surface area (Å²) in [5, 5.41) is 0.531. The molecule has 0 radical (unpaired) electrons. The molecule has 1 atom stereocenters. The molecule has 6 heteroatoms. The molecule has 0 aliphatic rings. The molecule has 0 amide bonds. The number of halogens is 2. The summed E-state index contributed by atoms with van der Waals surface area (Å²) in [5.74, 6) is 0. The summed E-state index contributed by atoms with van der Waals surface area (Å²) >= 11 is 11.6. The molecule has 2 rings (SSSR count). The van der Waals surface area contributed by atoms with Crippen molar-refractivity contribution in [3.63, 3.8) is 0 Å². The van der Waals surface area contributed by atoms with Crippen LogP contribution >= 0.6 is 23.2 Å². The minimum atomic E-state index is -3.64. The van der Waals surface area contributed by atoms with E-state index < -0.39 is 10.0 Å². The second kappa shape index (κ2) is 6.14. The van der Waals surface area contributed by atoms with Crippen molar-refractivity contribution in [3.05, 3.63) is 64.1 Å². The molecule has 0 aliphatic carbocycles. The lowest BCUT2D eigenvalue weighted by Crippen LogP contribution is -2.26. The fourth-order valence-corrected chi connectivity index (χ4v) is 3.38. The standard InChI is InChI=1S/C14H13Cl2NO2S/c1-10(11-5-3-2-4-6-11)17-20(18,19)12-7-8-13(15)14(16)9-12/h2-10,17H,1H3/t10-/m0/s1. The van der Waals surface area contributed by atoms with E-state index in [0.717, 1.165) is 5.56 Å². The lowest BCUT2D eigenvalue weighted by Gasteiger charge is -2.15. The highest BCUT2D eigenvalue weighted by Gasteiger charge is 2.19. The number of nitrogens with one attached hydrogen (secondary N) is 1. The third-order valence-corrected chi connectivity index (χ3v) is 5.11. The van der Waals surface area contributed by atoms with Crippen molar-refractivity contribution in [3.8, 4) is 0 Å². The Bertz CT molecular complexity index is 702. The molecule has 106 valence electrons. The zero-order valence-corrected chi connectivity index (χ0v) is 13.0. The van der Waals surface area contributed by atoms with E-state index in [9.17, 15) is 8.42 Å². The number of hydrogen-bond donors (Lipinski definition) is 1. The average Bonchev–Trinajstić information content (AvgIpc) is 2.42. The first kappa shape index (κ1) is 15.3. The second-order valence-electron chi connectivity index (χ2n) is 4.33. The lowest BCUT2D eigenvalue weighted by atomic mass is 10.1. The fraction of sp³-hybridized carbons (Fsp3) is 0.143. The summed E-state index contributed by atoms with van der Waals surface area (Å²) in [4.78, 5) is 0.0923. The van der Waals surface area contributed by atoms with Crippen LogP contribution in [0.2, 0.25) is 10.0 Å². The van der Waals surface area contributed by atoms with Gasteiger partial charge in [-0.3, -0.25) is 0 Å². The van der Waals surface area contributed by atoms with E-state index in [2.05, 4.69) is 4.72 Å². The molecule has 0 aliphatic heterocycles. The van der Waals surface area contributed by atoms with Crippen LogP contribution in [0.4, 0.5) is 0 Å². The Morgan fingerprint density at radius 1 is 1.00 bits per heavy atom. The van der Waals surface area contributed by atoms with Gasteiger partial charge in [-0.15, -0.1) is 0 Å². The van der Waals surface area contributed by atoms with Crippen molar-refractivity contribution < 1.29 is 8.42 Å². The van der Waals surface area contributed by atoms with E-state index >= 15 is 0 Å². The molecule has 0 spiro atoms. The predicted molar refractivity (Wildman–Crippen MR) is 81.6 cm³/mol. The zero-order chi connectivity index (χ0) is 14.8. The highest BCUT2D eigenvalue weighted by Crippen LogP contribution is 2.25. The van der Waals surface area contributed by atoms with Gasteiger partial charge in [-0.25, -0.2) is 13.1 Å². The molecule has 0 bridgehead atoms. The van der Waals surface area contributed by atoms with E-state index in [-0.39, 0.29) is 16.0 Å². The summed E-state index contributed by atoms with van der Waals surface area (Å²) in [6.07, 6.45) is 0. The molecule has 0 saturated carbocycles. The molecule has 20 heavy (non-hydrogen) atoms. The summed E-state index contributed by atoms with van der Waals surface area (Å²) in [6.45, 7) is 1.78. The van der Waals surface area contributed by atoms with Crippen molar-refractivity contribution in [2.75, 3.05) is 0 Å². The number of rotatable bonds is 4. The van der Waals surface area contributed by atoms with Gasteiger partial charge in [0.1, 0.15) is 0 Å². The zero-order valence-electron chi connectivity index (χ0n) is 10.7. The molecule has 0 saturated heterocycles. The highest BCUT2D eigenvalue weighted by molar-refractivity contribution is 7.89. The summed E-state index contributed by atoms with van der Waals surface area (Å²) in [5.41, 5.74) is 0.885. The van der Waals surface area contributed by atoms with Gasteiger partial charge >= 0.3 is 0 Å². The number of benzene rings is 2. The highest BCUT2D eigenvalue weighted by atomic mass is 35.5. The molecule has 0 heterocycles. The average molecular weight is 330 g/mol. The van der Waals surface area contributed by atoms with Gasteiger partial charge in [-0.2, -0.15) is 0 Å². The van der Waals surface area contributed by atoms with Crippen molar-refractivity contribution in [2.24, 2.45) is 0 Å². The molecule has 0 aromatic heterocycles. The fourth-order valence-electron chi connectivity index (χ4n) is 1.75. The van der Waals surface area contributed by atoms with Gasteiger partial charge in [0, 0.05) is 6.04 Å². The van der Waals surface area contributed by atoms with Crippen LogP contribution in [0.5, 0.6) is 0 Å². The first-order valence-electron chi connectivity index (χ1n) is 5.92. The van der Waals surface area contributed by atoms with Gasteiger partial charge in [0.05, 0.1) is 14.9 Å². The lowest BCUT2D eigenvalue weighted by molar-refractivity contribution is 0.567. The van der Waals surface area contributed by atoms with Gasteiger partial charge in [0.25, 0.3) is 0 Å². The van der Waals surface area contributed by atoms with Crippen LogP contribution in [0.1, 0.15) is 18.5 Å². The molecule has 0 unspecified atom stereocenters. The Kier molecular flexibility index (Phi) is 4.70. The van der Waals surface area contributed by atoms with Crippen molar-refractivity contribution in [2.45, 2.75) is 17.9 Å². The summed E-state index contributed by atoms with van der Waals surface area (Å²) < 4.78 is 27.1.